The number of fused-ring (bicyclic) bond motifs is 1. The fourth-order valence-electron chi connectivity index (χ4n) is 3.28. The zero-order valence-corrected chi connectivity index (χ0v) is 13.6. The highest BCUT2D eigenvalue weighted by molar-refractivity contribution is 5.56. The molecule has 0 radical (unpaired) electrons. The maximum atomic E-state index is 9.38. The molecular weight excluding hydrogens is 258 g/mol. The Labute approximate surface area is 129 Å². The Balaban J connectivity index is 1.98. The summed E-state index contributed by atoms with van der Waals surface area (Å²) in [6.45, 7) is 6.43. The number of nitrogens with zero attached hydrogens (tertiary/aromatic N) is 2. The SMILES string of the molecule is CCC(C#N)(CCCN1CCCc2cc(C)ccc21)NC. The second-order valence-electron chi connectivity index (χ2n) is 6.12. The van der Waals surface area contributed by atoms with Gasteiger partial charge < -0.3 is 10.2 Å². The third-order valence-electron chi connectivity index (χ3n) is 4.78. The van der Waals surface area contributed by atoms with Crippen LogP contribution >= 0.6 is 0 Å². The molecule has 3 nitrogen and oxygen atoms in total. The summed E-state index contributed by atoms with van der Waals surface area (Å²) in [4.78, 5) is 2.49. The quantitative estimate of drug-likeness (QED) is 0.870. The maximum absolute atomic E-state index is 9.38. The third-order valence-corrected chi connectivity index (χ3v) is 4.78. The van der Waals surface area contributed by atoms with Crippen molar-refractivity contribution in [3.05, 3.63) is 29.3 Å². The van der Waals surface area contributed by atoms with Gasteiger partial charge in [-0.15, -0.1) is 0 Å². The lowest BCUT2D eigenvalue weighted by Crippen LogP contribution is -2.41. The molecule has 1 aliphatic rings. The Morgan fingerprint density at radius 1 is 1.43 bits per heavy atom. The molecule has 1 heterocycles. The van der Waals surface area contributed by atoms with Gasteiger partial charge in [-0.1, -0.05) is 24.6 Å². The Kier molecular flexibility index (Phi) is 5.25. The van der Waals surface area contributed by atoms with Gasteiger partial charge in [-0.25, -0.2) is 0 Å². The monoisotopic (exact) mass is 285 g/mol. The highest BCUT2D eigenvalue weighted by atomic mass is 15.1. The van der Waals surface area contributed by atoms with E-state index in [9.17, 15) is 5.26 Å². The smallest absolute Gasteiger partial charge is 0.106 e. The van der Waals surface area contributed by atoms with E-state index in [1.807, 2.05) is 7.05 Å². The summed E-state index contributed by atoms with van der Waals surface area (Å²) in [6.07, 6.45) is 5.25. The third kappa shape index (κ3) is 3.57. The normalized spacial score (nSPS) is 17.0. The lowest BCUT2D eigenvalue weighted by atomic mass is 9.92. The number of rotatable bonds is 6. The number of anilines is 1. The summed E-state index contributed by atoms with van der Waals surface area (Å²) in [5.74, 6) is 0. The van der Waals surface area contributed by atoms with Crippen molar-refractivity contribution in [3.63, 3.8) is 0 Å². The number of aryl methyl sites for hydroxylation is 2. The maximum Gasteiger partial charge on any atom is 0.106 e. The van der Waals surface area contributed by atoms with Crippen molar-refractivity contribution < 1.29 is 0 Å². The minimum absolute atomic E-state index is 0.355. The Bertz CT molecular complexity index is 512. The summed E-state index contributed by atoms with van der Waals surface area (Å²) in [5.41, 5.74) is 3.87. The molecule has 21 heavy (non-hydrogen) atoms. The molecule has 0 aromatic heterocycles. The van der Waals surface area contributed by atoms with Crippen LogP contribution in [0.25, 0.3) is 0 Å². The van der Waals surface area contributed by atoms with Gasteiger partial charge in [0.05, 0.1) is 6.07 Å². The van der Waals surface area contributed by atoms with E-state index in [-0.39, 0.29) is 5.54 Å². The average Bonchev–Trinajstić information content (AvgIpc) is 2.52. The number of benzene rings is 1. The van der Waals surface area contributed by atoms with Gasteiger partial charge >= 0.3 is 0 Å². The highest BCUT2D eigenvalue weighted by Crippen LogP contribution is 2.28. The van der Waals surface area contributed by atoms with E-state index in [0.29, 0.717) is 0 Å². The summed E-state index contributed by atoms with van der Waals surface area (Å²) in [7, 11) is 1.89. The molecule has 2 rings (SSSR count). The molecule has 3 heteroatoms. The predicted octanol–water partition coefficient (Wildman–Crippen LogP) is 3.42. The van der Waals surface area contributed by atoms with Crippen LogP contribution < -0.4 is 10.2 Å². The van der Waals surface area contributed by atoms with Crippen molar-refractivity contribution in [1.29, 1.82) is 5.26 Å². The van der Waals surface area contributed by atoms with E-state index < -0.39 is 0 Å². The lowest BCUT2D eigenvalue weighted by Gasteiger charge is -2.33. The number of nitriles is 1. The van der Waals surface area contributed by atoms with Crippen LogP contribution in [0.4, 0.5) is 5.69 Å². The van der Waals surface area contributed by atoms with Gasteiger partial charge in [0.15, 0.2) is 0 Å². The zero-order valence-electron chi connectivity index (χ0n) is 13.6. The van der Waals surface area contributed by atoms with Crippen LogP contribution in [0.15, 0.2) is 18.2 Å². The second-order valence-corrected chi connectivity index (χ2v) is 6.12. The summed E-state index contributed by atoms with van der Waals surface area (Å²) >= 11 is 0. The number of hydrogen-bond donors (Lipinski definition) is 1. The Morgan fingerprint density at radius 3 is 2.90 bits per heavy atom. The van der Waals surface area contributed by atoms with Crippen molar-refractivity contribution in [2.45, 2.75) is 51.5 Å². The van der Waals surface area contributed by atoms with Crippen molar-refractivity contribution in [2.75, 3.05) is 25.0 Å². The van der Waals surface area contributed by atoms with Crippen LogP contribution in [0.5, 0.6) is 0 Å². The van der Waals surface area contributed by atoms with Crippen LogP contribution in [0.2, 0.25) is 0 Å². The highest BCUT2D eigenvalue weighted by Gasteiger charge is 2.25. The molecule has 0 fully saturated rings. The molecule has 1 aromatic carbocycles. The summed E-state index contributed by atoms with van der Waals surface area (Å²) < 4.78 is 0. The Hall–Kier alpha value is -1.53. The van der Waals surface area contributed by atoms with Gasteiger partial charge in [0.2, 0.25) is 0 Å². The van der Waals surface area contributed by atoms with Gasteiger partial charge in [0.1, 0.15) is 5.54 Å². The van der Waals surface area contributed by atoms with E-state index >= 15 is 0 Å². The van der Waals surface area contributed by atoms with Gasteiger partial charge in [0.25, 0.3) is 0 Å². The second kappa shape index (κ2) is 6.95. The van der Waals surface area contributed by atoms with Gasteiger partial charge in [-0.05, 0) is 57.7 Å². The molecule has 1 aromatic rings. The fourth-order valence-corrected chi connectivity index (χ4v) is 3.28. The van der Waals surface area contributed by atoms with Crippen molar-refractivity contribution in [3.8, 4) is 6.07 Å². The molecule has 1 unspecified atom stereocenters. The van der Waals surface area contributed by atoms with Gasteiger partial charge in [-0.2, -0.15) is 5.26 Å². The number of hydrogen-bond acceptors (Lipinski definition) is 3. The Morgan fingerprint density at radius 2 is 2.24 bits per heavy atom. The van der Waals surface area contributed by atoms with E-state index in [1.165, 1.54) is 29.7 Å². The first kappa shape index (κ1) is 15.9. The lowest BCUT2D eigenvalue weighted by molar-refractivity contribution is 0.392. The molecule has 0 amide bonds. The summed E-state index contributed by atoms with van der Waals surface area (Å²) in [6, 6.07) is 9.24. The molecule has 1 atom stereocenters. The first-order valence-corrected chi connectivity index (χ1v) is 8.09. The van der Waals surface area contributed by atoms with E-state index in [4.69, 9.17) is 0 Å². The minimum Gasteiger partial charge on any atom is -0.371 e. The van der Waals surface area contributed by atoms with Crippen LogP contribution in [0.3, 0.4) is 0 Å². The summed E-state index contributed by atoms with van der Waals surface area (Å²) in [5, 5.41) is 12.6. The molecule has 0 saturated carbocycles. The van der Waals surface area contributed by atoms with Crippen LogP contribution in [0.1, 0.15) is 43.7 Å². The van der Waals surface area contributed by atoms with Crippen molar-refractivity contribution >= 4 is 5.69 Å². The fraction of sp³-hybridized carbons (Fsp3) is 0.611. The van der Waals surface area contributed by atoms with E-state index in [1.54, 1.807) is 0 Å². The van der Waals surface area contributed by atoms with Crippen LogP contribution in [-0.2, 0) is 6.42 Å². The molecule has 1 N–H and O–H groups in total. The standard InChI is InChI=1S/C18H27N3/c1-4-18(14-19,20-3)10-6-12-21-11-5-7-16-13-15(2)8-9-17(16)21/h8-9,13,20H,4-7,10-12H2,1-3H3. The molecule has 0 aliphatic carbocycles. The largest absolute Gasteiger partial charge is 0.371 e. The van der Waals surface area contributed by atoms with Gasteiger partial charge in [-0.3, -0.25) is 0 Å². The first-order chi connectivity index (χ1) is 10.1. The molecule has 0 bridgehead atoms. The van der Waals surface area contributed by atoms with Crippen LogP contribution in [-0.4, -0.2) is 25.7 Å². The zero-order chi connectivity index (χ0) is 15.3. The molecule has 114 valence electrons. The predicted molar refractivity (Wildman–Crippen MR) is 88.6 cm³/mol. The topological polar surface area (TPSA) is 39.1 Å². The van der Waals surface area contributed by atoms with Crippen molar-refractivity contribution in [2.24, 2.45) is 0 Å². The minimum atomic E-state index is -0.355. The number of nitrogens with one attached hydrogen (secondary N) is 1. The van der Waals surface area contributed by atoms with E-state index in [0.717, 1.165) is 32.4 Å². The molecule has 0 saturated heterocycles. The first-order valence-electron chi connectivity index (χ1n) is 8.09. The molecule has 1 aliphatic heterocycles. The molecule has 0 spiro atoms. The average molecular weight is 285 g/mol. The van der Waals surface area contributed by atoms with Gasteiger partial charge in [0, 0.05) is 18.8 Å². The van der Waals surface area contributed by atoms with E-state index in [2.05, 4.69) is 48.3 Å². The molecular formula is C18H27N3. The van der Waals surface area contributed by atoms with Crippen molar-refractivity contribution in [1.82, 2.24) is 5.32 Å². The van der Waals surface area contributed by atoms with Crippen LogP contribution in [0, 0.1) is 18.3 Å².